The average Bonchev–Trinajstić information content (AvgIpc) is 2.86. The lowest BCUT2D eigenvalue weighted by Gasteiger charge is -2.19. The molecule has 2 heterocycles. The van der Waals surface area contributed by atoms with Crippen LogP contribution in [0.2, 0.25) is 0 Å². The van der Waals surface area contributed by atoms with Crippen molar-refractivity contribution in [2.24, 2.45) is 0 Å². The van der Waals surface area contributed by atoms with Gasteiger partial charge in [-0.25, -0.2) is 9.97 Å². The van der Waals surface area contributed by atoms with Gasteiger partial charge in [0.25, 0.3) is 0 Å². The maximum absolute atomic E-state index is 5.80. The van der Waals surface area contributed by atoms with E-state index in [0.29, 0.717) is 0 Å². The van der Waals surface area contributed by atoms with E-state index in [0.717, 1.165) is 28.3 Å². The smallest absolute Gasteiger partial charge is 0.140 e. The van der Waals surface area contributed by atoms with E-state index in [9.17, 15) is 0 Å². The fourth-order valence-electron chi connectivity index (χ4n) is 2.12. The Morgan fingerprint density at radius 3 is 3.00 bits per heavy atom. The molecule has 0 atom stereocenters. The minimum Gasteiger partial charge on any atom is -0.399 e. The molecule has 0 spiro atoms. The average molecular weight is 270 g/mol. The zero-order valence-corrected chi connectivity index (χ0v) is 11.4. The van der Waals surface area contributed by atoms with E-state index in [1.54, 1.807) is 17.7 Å². The van der Waals surface area contributed by atoms with Crippen molar-refractivity contribution in [3.05, 3.63) is 47.6 Å². The van der Waals surface area contributed by atoms with Crippen molar-refractivity contribution in [2.75, 3.05) is 17.7 Å². The SMILES string of the molecule is CN(Cc1cccc(N)c1)c1ncnc2sccc12. The molecule has 0 saturated heterocycles. The van der Waals surface area contributed by atoms with Crippen LogP contribution in [-0.4, -0.2) is 17.0 Å². The number of nitrogens with two attached hydrogens (primary N) is 1. The van der Waals surface area contributed by atoms with Gasteiger partial charge in [0.05, 0.1) is 5.39 Å². The molecule has 0 unspecified atom stereocenters. The lowest BCUT2D eigenvalue weighted by atomic mass is 10.2. The Kier molecular flexibility index (Phi) is 3.05. The van der Waals surface area contributed by atoms with Crippen LogP contribution < -0.4 is 10.6 Å². The number of fused-ring (bicyclic) bond motifs is 1. The van der Waals surface area contributed by atoms with Gasteiger partial charge >= 0.3 is 0 Å². The number of benzene rings is 1. The van der Waals surface area contributed by atoms with Gasteiger partial charge in [0.2, 0.25) is 0 Å². The molecule has 0 aliphatic carbocycles. The van der Waals surface area contributed by atoms with Gasteiger partial charge in [-0.05, 0) is 29.1 Å². The molecule has 2 aromatic heterocycles. The highest BCUT2D eigenvalue weighted by Crippen LogP contribution is 2.26. The third kappa shape index (κ3) is 2.37. The van der Waals surface area contributed by atoms with Gasteiger partial charge in [0, 0.05) is 19.3 Å². The lowest BCUT2D eigenvalue weighted by molar-refractivity contribution is 0.901. The molecule has 0 radical (unpaired) electrons. The maximum atomic E-state index is 5.80. The topological polar surface area (TPSA) is 55.0 Å². The molecule has 0 bridgehead atoms. The molecule has 96 valence electrons. The Morgan fingerprint density at radius 2 is 2.16 bits per heavy atom. The molecule has 0 fully saturated rings. The zero-order chi connectivity index (χ0) is 13.2. The van der Waals surface area contributed by atoms with E-state index < -0.39 is 0 Å². The van der Waals surface area contributed by atoms with Crippen LogP contribution in [0.3, 0.4) is 0 Å². The van der Waals surface area contributed by atoms with E-state index in [1.807, 2.05) is 30.6 Å². The summed E-state index contributed by atoms with van der Waals surface area (Å²) < 4.78 is 0. The van der Waals surface area contributed by atoms with Crippen LogP contribution in [-0.2, 0) is 6.54 Å². The van der Waals surface area contributed by atoms with Gasteiger partial charge < -0.3 is 10.6 Å². The zero-order valence-electron chi connectivity index (χ0n) is 10.6. The Bertz CT molecular complexity index is 707. The van der Waals surface area contributed by atoms with Gasteiger partial charge in [-0.15, -0.1) is 11.3 Å². The predicted octanol–water partition coefficient (Wildman–Crippen LogP) is 2.91. The highest BCUT2D eigenvalue weighted by molar-refractivity contribution is 7.16. The van der Waals surface area contributed by atoms with Gasteiger partial charge in [-0.1, -0.05) is 12.1 Å². The molecule has 0 amide bonds. The summed E-state index contributed by atoms with van der Waals surface area (Å²) >= 11 is 1.63. The van der Waals surface area contributed by atoms with Crippen LogP contribution in [0.25, 0.3) is 10.2 Å². The van der Waals surface area contributed by atoms with E-state index in [-0.39, 0.29) is 0 Å². The Hall–Kier alpha value is -2.14. The normalized spacial score (nSPS) is 10.8. The molecule has 3 aromatic rings. The predicted molar refractivity (Wildman–Crippen MR) is 80.4 cm³/mol. The molecule has 0 aliphatic rings. The first-order valence-corrected chi connectivity index (χ1v) is 6.86. The Labute approximate surface area is 115 Å². The van der Waals surface area contributed by atoms with Crippen molar-refractivity contribution in [1.82, 2.24) is 9.97 Å². The van der Waals surface area contributed by atoms with Crippen molar-refractivity contribution < 1.29 is 0 Å². The lowest BCUT2D eigenvalue weighted by Crippen LogP contribution is -2.18. The Morgan fingerprint density at radius 1 is 1.26 bits per heavy atom. The highest BCUT2D eigenvalue weighted by atomic mass is 32.1. The second-order valence-electron chi connectivity index (χ2n) is 4.44. The molecular formula is C14H14N4S. The fourth-order valence-corrected chi connectivity index (χ4v) is 2.85. The molecule has 4 nitrogen and oxygen atoms in total. The summed E-state index contributed by atoms with van der Waals surface area (Å²) in [5.41, 5.74) is 7.76. The second-order valence-corrected chi connectivity index (χ2v) is 5.33. The van der Waals surface area contributed by atoms with Crippen LogP contribution in [0.5, 0.6) is 0 Å². The molecule has 3 rings (SSSR count). The van der Waals surface area contributed by atoms with Crippen molar-refractivity contribution >= 4 is 33.1 Å². The molecule has 5 heteroatoms. The number of nitrogens with zero attached hydrogens (tertiary/aromatic N) is 3. The summed E-state index contributed by atoms with van der Waals surface area (Å²) in [4.78, 5) is 11.8. The minimum atomic E-state index is 0.771. The quantitative estimate of drug-likeness (QED) is 0.743. The first-order chi connectivity index (χ1) is 9.24. The fraction of sp³-hybridized carbons (Fsp3) is 0.143. The van der Waals surface area contributed by atoms with Crippen LogP contribution in [0.15, 0.2) is 42.0 Å². The standard InChI is InChI=1S/C14H14N4S/c1-18(8-10-3-2-4-11(15)7-10)13-12-5-6-19-14(12)17-9-16-13/h2-7,9H,8,15H2,1H3. The van der Waals surface area contributed by atoms with Crippen molar-refractivity contribution in [3.8, 4) is 0 Å². The van der Waals surface area contributed by atoms with Crippen molar-refractivity contribution in [3.63, 3.8) is 0 Å². The summed E-state index contributed by atoms with van der Waals surface area (Å²) in [5.74, 6) is 0.952. The largest absolute Gasteiger partial charge is 0.399 e. The molecule has 0 saturated carbocycles. The molecule has 2 N–H and O–H groups in total. The minimum absolute atomic E-state index is 0.771. The van der Waals surface area contributed by atoms with Crippen LogP contribution in [0, 0.1) is 0 Å². The first kappa shape index (κ1) is 11.9. The van der Waals surface area contributed by atoms with Gasteiger partial charge in [-0.3, -0.25) is 0 Å². The van der Waals surface area contributed by atoms with Crippen molar-refractivity contribution in [1.29, 1.82) is 0 Å². The monoisotopic (exact) mass is 270 g/mol. The van der Waals surface area contributed by atoms with E-state index >= 15 is 0 Å². The van der Waals surface area contributed by atoms with Crippen LogP contribution >= 0.6 is 11.3 Å². The number of aromatic nitrogens is 2. The van der Waals surface area contributed by atoms with Crippen LogP contribution in [0.4, 0.5) is 11.5 Å². The number of hydrogen-bond donors (Lipinski definition) is 1. The number of hydrogen-bond acceptors (Lipinski definition) is 5. The second kappa shape index (κ2) is 4.85. The summed E-state index contributed by atoms with van der Waals surface area (Å²) in [5, 5.41) is 3.14. The third-order valence-electron chi connectivity index (χ3n) is 2.97. The summed E-state index contributed by atoms with van der Waals surface area (Å²) in [7, 11) is 2.03. The third-order valence-corrected chi connectivity index (χ3v) is 3.79. The molecule has 1 aromatic carbocycles. The molecule has 0 aliphatic heterocycles. The first-order valence-electron chi connectivity index (χ1n) is 5.98. The number of rotatable bonds is 3. The van der Waals surface area contributed by atoms with Crippen LogP contribution in [0.1, 0.15) is 5.56 Å². The summed E-state index contributed by atoms with van der Waals surface area (Å²) in [6.45, 7) is 0.771. The van der Waals surface area contributed by atoms with Gasteiger partial charge in [0.1, 0.15) is 17.0 Å². The van der Waals surface area contributed by atoms with E-state index in [4.69, 9.17) is 5.73 Å². The molecular weight excluding hydrogens is 256 g/mol. The Balaban J connectivity index is 1.91. The maximum Gasteiger partial charge on any atom is 0.140 e. The van der Waals surface area contributed by atoms with E-state index in [1.165, 1.54) is 5.56 Å². The van der Waals surface area contributed by atoms with Gasteiger partial charge in [-0.2, -0.15) is 0 Å². The number of nitrogen functional groups attached to an aromatic ring is 1. The summed E-state index contributed by atoms with van der Waals surface area (Å²) in [6.07, 6.45) is 1.62. The molecule has 19 heavy (non-hydrogen) atoms. The highest BCUT2D eigenvalue weighted by Gasteiger charge is 2.09. The number of thiophene rings is 1. The van der Waals surface area contributed by atoms with E-state index in [2.05, 4.69) is 27.0 Å². The van der Waals surface area contributed by atoms with Gasteiger partial charge in [0.15, 0.2) is 0 Å². The van der Waals surface area contributed by atoms with Crippen molar-refractivity contribution in [2.45, 2.75) is 6.54 Å². The summed E-state index contributed by atoms with van der Waals surface area (Å²) in [6, 6.07) is 9.98. The number of anilines is 2.